The van der Waals surface area contributed by atoms with Crippen molar-refractivity contribution in [2.24, 2.45) is 0 Å². The summed E-state index contributed by atoms with van der Waals surface area (Å²) < 4.78 is 96.5. The fourth-order valence-electron chi connectivity index (χ4n) is 5.05. The fraction of sp³-hybridized carbons (Fsp3) is 0.133. The monoisotopic (exact) mass is 655 g/mol. The third-order valence-corrected chi connectivity index (χ3v) is 10.2. The minimum Gasteiger partial charge on any atom is -0.341 e. The highest BCUT2D eigenvalue weighted by Crippen LogP contribution is 2.36. The number of hydrogen-bond donors (Lipinski definition) is 3. The maximum atomic E-state index is 13.6. The molecule has 6 rings (SSSR count). The number of H-pyrrole nitrogens is 1. The van der Waals surface area contributed by atoms with Crippen LogP contribution in [0.25, 0.3) is 33.3 Å². The summed E-state index contributed by atoms with van der Waals surface area (Å²) in [5.41, 5.74) is 2.39. The molecular formula is C30H24F3N5O5S2. The van der Waals surface area contributed by atoms with E-state index in [1.165, 1.54) is 37.3 Å². The number of fused-ring (bicyclic) bond motifs is 1. The Labute approximate surface area is 256 Å². The molecule has 1 saturated heterocycles. The number of nitrogens with one attached hydrogen (secondary N) is 3. The van der Waals surface area contributed by atoms with Crippen LogP contribution in [0.3, 0.4) is 0 Å². The van der Waals surface area contributed by atoms with Gasteiger partial charge >= 0.3 is 16.4 Å². The number of imidazole rings is 1. The molecule has 1 amide bonds. The van der Waals surface area contributed by atoms with Crippen LogP contribution < -0.4 is 13.7 Å². The van der Waals surface area contributed by atoms with Crippen LogP contribution in [0.15, 0.2) is 95.9 Å². The lowest BCUT2D eigenvalue weighted by Crippen LogP contribution is -2.29. The number of benzene rings is 4. The molecular weight excluding hydrogens is 631 g/mol. The molecule has 2 heterocycles. The number of carbonyl (C=O) groups excluding carboxylic acids is 1. The molecule has 10 nitrogen and oxygen atoms in total. The van der Waals surface area contributed by atoms with E-state index in [1.54, 1.807) is 18.2 Å². The first-order valence-corrected chi connectivity index (χ1v) is 16.4. The Balaban J connectivity index is 1.34. The SMILES string of the molecule is C[C@H](NS(=O)(=O)c1ccc(-c2ccccc2)c(-c2ccc(N3CC(=O)NS3(=O)=O)cc2)c1)c1nc2ccc(C(F)(F)F)cc2[nH]1. The summed E-state index contributed by atoms with van der Waals surface area (Å²) in [5.74, 6) is -0.520. The van der Waals surface area contributed by atoms with Gasteiger partial charge in [0.1, 0.15) is 12.4 Å². The van der Waals surface area contributed by atoms with Gasteiger partial charge < -0.3 is 4.98 Å². The number of alkyl halides is 3. The summed E-state index contributed by atoms with van der Waals surface area (Å²) in [5, 5.41) is 0. The van der Waals surface area contributed by atoms with E-state index in [0.29, 0.717) is 16.7 Å². The first-order valence-electron chi connectivity index (χ1n) is 13.4. The van der Waals surface area contributed by atoms with E-state index in [4.69, 9.17) is 0 Å². The molecule has 1 aliphatic rings. The van der Waals surface area contributed by atoms with E-state index in [1.807, 2.05) is 35.1 Å². The summed E-state index contributed by atoms with van der Waals surface area (Å²) in [4.78, 5) is 18.6. The number of nitrogens with zero attached hydrogens (tertiary/aromatic N) is 2. The Kier molecular flexibility index (Phi) is 7.42. The second kappa shape index (κ2) is 11.0. The van der Waals surface area contributed by atoms with Crippen LogP contribution in [0.5, 0.6) is 0 Å². The van der Waals surface area contributed by atoms with Crippen LogP contribution in [0.4, 0.5) is 18.9 Å². The lowest BCUT2D eigenvalue weighted by molar-refractivity contribution is -0.137. The Hall–Kier alpha value is -4.73. The highest BCUT2D eigenvalue weighted by molar-refractivity contribution is 7.92. The third kappa shape index (κ3) is 6.01. The Morgan fingerprint density at radius 1 is 0.911 bits per heavy atom. The second-order valence-electron chi connectivity index (χ2n) is 10.4. The van der Waals surface area contributed by atoms with Gasteiger partial charge in [0.2, 0.25) is 10.0 Å². The van der Waals surface area contributed by atoms with Gasteiger partial charge in [-0.15, -0.1) is 0 Å². The molecule has 0 spiro atoms. The summed E-state index contributed by atoms with van der Waals surface area (Å²) in [6, 6.07) is 22.2. The zero-order valence-electron chi connectivity index (χ0n) is 23.3. The van der Waals surface area contributed by atoms with Gasteiger partial charge in [-0.3, -0.25) is 4.79 Å². The minimum absolute atomic E-state index is 0.0829. The highest BCUT2D eigenvalue weighted by atomic mass is 32.2. The van der Waals surface area contributed by atoms with E-state index in [0.717, 1.165) is 22.0 Å². The molecule has 5 aromatic rings. The van der Waals surface area contributed by atoms with Crippen molar-refractivity contribution in [3.05, 3.63) is 102 Å². The third-order valence-electron chi connectivity index (χ3n) is 7.24. The number of hydrogen-bond acceptors (Lipinski definition) is 6. The van der Waals surface area contributed by atoms with E-state index in [9.17, 15) is 34.8 Å². The van der Waals surface area contributed by atoms with Crippen LogP contribution in [0.1, 0.15) is 24.4 Å². The van der Waals surface area contributed by atoms with Gasteiger partial charge in [0.15, 0.2) is 0 Å². The zero-order chi connectivity index (χ0) is 32.1. The number of rotatable bonds is 7. The molecule has 1 aromatic heterocycles. The smallest absolute Gasteiger partial charge is 0.341 e. The quantitative estimate of drug-likeness (QED) is 0.222. The second-order valence-corrected chi connectivity index (χ2v) is 13.7. The molecule has 3 N–H and O–H groups in total. The molecule has 0 saturated carbocycles. The first kappa shape index (κ1) is 30.3. The van der Waals surface area contributed by atoms with Crippen molar-refractivity contribution >= 4 is 42.9 Å². The van der Waals surface area contributed by atoms with Crippen molar-refractivity contribution in [2.45, 2.75) is 24.0 Å². The van der Waals surface area contributed by atoms with Crippen molar-refractivity contribution in [3.63, 3.8) is 0 Å². The summed E-state index contributed by atoms with van der Waals surface area (Å²) >= 11 is 0. The Bertz CT molecular complexity index is 2150. The summed E-state index contributed by atoms with van der Waals surface area (Å²) in [6.45, 7) is 1.16. The van der Waals surface area contributed by atoms with Gasteiger partial charge in [-0.25, -0.2) is 27.2 Å². The lowest BCUT2D eigenvalue weighted by atomic mass is 9.94. The molecule has 0 radical (unpaired) electrons. The number of aromatic amines is 1. The molecule has 45 heavy (non-hydrogen) atoms. The molecule has 0 bridgehead atoms. The number of halogens is 3. The van der Waals surface area contributed by atoms with Crippen LogP contribution in [-0.4, -0.2) is 39.3 Å². The topological polar surface area (TPSA) is 141 Å². The van der Waals surface area contributed by atoms with Crippen molar-refractivity contribution in [1.82, 2.24) is 19.4 Å². The van der Waals surface area contributed by atoms with Gasteiger partial charge in [-0.2, -0.15) is 21.6 Å². The largest absolute Gasteiger partial charge is 0.416 e. The predicted octanol–water partition coefficient (Wildman–Crippen LogP) is 5.14. The average Bonchev–Trinajstić information content (AvgIpc) is 3.55. The average molecular weight is 656 g/mol. The van der Waals surface area contributed by atoms with E-state index >= 15 is 0 Å². The van der Waals surface area contributed by atoms with Crippen LogP contribution in [-0.2, 0) is 31.2 Å². The molecule has 1 atom stereocenters. The number of aromatic nitrogens is 2. The molecule has 0 aliphatic carbocycles. The predicted molar refractivity (Wildman–Crippen MR) is 162 cm³/mol. The number of anilines is 1. The molecule has 1 aliphatic heterocycles. The van der Waals surface area contributed by atoms with Gasteiger partial charge in [-0.05, 0) is 71.6 Å². The Morgan fingerprint density at radius 3 is 2.24 bits per heavy atom. The minimum atomic E-state index is -4.54. The first-order chi connectivity index (χ1) is 21.2. The fourth-order valence-corrected chi connectivity index (χ4v) is 7.43. The lowest BCUT2D eigenvalue weighted by Gasteiger charge is -2.17. The van der Waals surface area contributed by atoms with Crippen LogP contribution in [0, 0.1) is 0 Å². The molecule has 1 fully saturated rings. The zero-order valence-corrected chi connectivity index (χ0v) is 25.0. The molecule has 4 aromatic carbocycles. The maximum Gasteiger partial charge on any atom is 0.416 e. The van der Waals surface area contributed by atoms with E-state index in [2.05, 4.69) is 14.7 Å². The van der Waals surface area contributed by atoms with Crippen LogP contribution >= 0.6 is 0 Å². The van der Waals surface area contributed by atoms with E-state index in [-0.39, 0.29) is 34.0 Å². The van der Waals surface area contributed by atoms with Crippen LogP contribution in [0.2, 0.25) is 0 Å². The Morgan fingerprint density at radius 2 is 1.60 bits per heavy atom. The normalized spacial score (nSPS) is 15.7. The van der Waals surface area contributed by atoms with Gasteiger partial charge in [0, 0.05) is 0 Å². The summed E-state index contributed by atoms with van der Waals surface area (Å²) in [7, 11) is -8.18. The van der Waals surface area contributed by atoms with Gasteiger partial charge in [0.05, 0.1) is 33.2 Å². The molecule has 15 heteroatoms. The van der Waals surface area contributed by atoms with Crippen molar-refractivity contribution in [3.8, 4) is 22.3 Å². The van der Waals surface area contributed by atoms with Crippen molar-refractivity contribution in [1.29, 1.82) is 0 Å². The number of carbonyl (C=O) groups is 1. The standard InChI is InChI=1S/C30H24F3N5O5S2/c1-18(29-34-26-14-9-21(30(31,32)33)15-27(26)35-29)36-44(40,41)23-12-13-24(19-5-3-2-4-6-19)25(16-23)20-7-10-22(11-8-20)38-17-28(39)37-45(38,42)43/h2-16,18,36H,17H2,1H3,(H,34,35)(H,37,39)/t18-/m0/s1. The van der Waals surface area contributed by atoms with Crippen molar-refractivity contribution < 1.29 is 34.8 Å². The highest BCUT2D eigenvalue weighted by Gasteiger charge is 2.34. The van der Waals surface area contributed by atoms with E-state index < -0.39 is 43.9 Å². The number of sulfonamides is 1. The molecule has 232 valence electrons. The molecule has 0 unspecified atom stereocenters. The maximum absolute atomic E-state index is 13.6. The van der Waals surface area contributed by atoms with Gasteiger partial charge in [-0.1, -0.05) is 48.5 Å². The van der Waals surface area contributed by atoms with Crippen molar-refractivity contribution in [2.75, 3.05) is 10.8 Å². The summed E-state index contributed by atoms with van der Waals surface area (Å²) in [6.07, 6.45) is -4.54. The van der Waals surface area contributed by atoms with Gasteiger partial charge in [0.25, 0.3) is 5.91 Å². The number of amides is 1.